The first-order valence-electron chi connectivity index (χ1n) is 17.3. The Balaban J connectivity index is 1.26. The van der Waals surface area contributed by atoms with Gasteiger partial charge in [-0.1, -0.05) is 117 Å². The Morgan fingerprint density at radius 2 is 1.49 bits per heavy atom. The molecule has 3 nitrogen and oxygen atoms in total. The maximum Gasteiger partial charge on any atom is 0.138 e. The number of furan rings is 1. The van der Waals surface area contributed by atoms with Crippen LogP contribution in [0, 0.1) is 5.92 Å². The number of allylic oxidation sites excluding steroid dienone is 6. The van der Waals surface area contributed by atoms with E-state index in [1.54, 1.807) is 0 Å². The lowest BCUT2D eigenvalue weighted by atomic mass is 9.74. The van der Waals surface area contributed by atoms with E-state index in [0.29, 0.717) is 11.8 Å². The van der Waals surface area contributed by atoms with Crippen LogP contribution in [0.3, 0.4) is 0 Å². The van der Waals surface area contributed by atoms with Gasteiger partial charge in [0.2, 0.25) is 0 Å². The fourth-order valence-electron chi connectivity index (χ4n) is 8.81. The summed E-state index contributed by atoms with van der Waals surface area (Å²) in [5, 5.41) is 10.6. The highest BCUT2D eigenvalue weighted by Crippen LogP contribution is 2.55. The predicted octanol–water partition coefficient (Wildman–Crippen LogP) is 12.0. The fourth-order valence-corrected chi connectivity index (χ4v) is 8.81. The molecule has 0 radical (unpaired) electrons. The molecule has 2 atom stereocenters. The number of dihydropyridines is 1. The molecule has 0 fully saturated rings. The summed E-state index contributed by atoms with van der Waals surface area (Å²) in [5.41, 5.74) is 10.5. The third-order valence-electron chi connectivity index (χ3n) is 11.2. The van der Waals surface area contributed by atoms with Gasteiger partial charge in [-0.2, -0.15) is 0 Å². The van der Waals surface area contributed by atoms with E-state index in [0.717, 1.165) is 40.2 Å². The molecular formula is C46H36N2O. The van der Waals surface area contributed by atoms with Crippen LogP contribution in [-0.4, -0.2) is 6.54 Å². The third-order valence-corrected chi connectivity index (χ3v) is 11.2. The second-order valence-corrected chi connectivity index (χ2v) is 14.2. The van der Waals surface area contributed by atoms with Gasteiger partial charge in [-0.25, -0.2) is 0 Å². The van der Waals surface area contributed by atoms with Gasteiger partial charge in [0.1, 0.15) is 11.2 Å². The lowest BCUT2D eigenvalue weighted by molar-refractivity contribution is 0.394. The van der Waals surface area contributed by atoms with Gasteiger partial charge in [-0.15, -0.1) is 0 Å². The first kappa shape index (κ1) is 28.2. The van der Waals surface area contributed by atoms with Crippen molar-refractivity contribution >= 4 is 66.1 Å². The van der Waals surface area contributed by atoms with Crippen molar-refractivity contribution in [2.75, 3.05) is 11.4 Å². The Hall–Kier alpha value is -5.80. The minimum atomic E-state index is 0.00529. The summed E-state index contributed by atoms with van der Waals surface area (Å²) in [6.07, 6.45) is 15.5. The van der Waals surface area contributed by atoms with Crippen molar-refractivity contribution in [1.29, 1.82) is 0 Å². The van der Waals surface area contributed by atoms with Crippen LogP contribution in [0.25, 0.3) is 49.1 Å². The summed E-state index contributed by atoms with van der Waals surface area (Å²) in [6, 6.07) is 40.2. The molecule has 49 heavy (non-hydrogen) atoms. The monoisotopic (exact) mass is 632 g/mol. The minimum Gasteiger partial charge on any atom is -0.456 e. The smallest absolute Gasteiger partial charge is 0.138 e. The van der Waals surface area contributed by atoms with Gasteiger partial charge < -0.3 is 14.6 Å². The number of hydrogen-bond acceptors (Lipinski definition) is 3. The summed E-state index contributed by atoms with van der Waals surface area (Å²) >= 11 is 0. The van der Waals surface area contributed by atoms with Gasteiger partial charge in [-0.3, -0.25) is 0 Å². The number of nitrogens with one attached hydrogen (secondary N) is 1. The first-order valence-corrected chi connectivity index (χ1v) is 17.3. The Morgan fingerprint density at radius 3 is 2.37 bits per heavy atom. The van der Waals surface area contributed by atoms with E-state index in [-0.39, 0.29) is 5.41 Å². The molecule has 2 unspecified atom stereocenters. The molecular weight excluding hydrogens is 597 g/mol. The number of benzene rings is 6. The van der Waals surface area contributed by atoms with Crippen LogP contribution in [0.1, 0.15) is 36.5 Å². The van der Waals surface area contributed by atoms with Crippen LogP contribution < -0.4 is 10.2 Å². The summed E-state index contributed by atoms with van der Waals surface area (Å²) in [4.78, 5) is 2.45. The normalized spacial score (nSPS) is 18.9. The fraction of sp³-hybridized carbons (Fsp3) is 0.130. The summed E-state index contributed by atoms with van der Waals surface area (Å²) in [6.45, 7) is 5.60. The maximum absolute atomic E-state index is 6.79. The lowest BCUT2D eigenvalue weighted by Crippen LogP contribution is -2.24. The number of fused-ring (bicyclic) bond motifs is 9. The topological polar surface area (TPSA) is 28.4 Å². The Bertz CT molecular complexity index is 2610. The first-order chi connectivity index (χ1) is 24.1. The Kier molecular flexibility index (Phi) is 6.11. The minimum absolute atomic E-state index is 0.00529. The van der Waals surface area contributed by atoms with Gasteiger partial charge in [0.15, 0.2) is 0 Å². The second kappa shape index (κ2) is 10.6. The standard InChI is InChI=1S/C46H36N2O/c1-46(2)39-18-8-7-14-35(39)36-23-22-33(26-40(36)46)48(32-21-20-29-11-3-4-12-30(29)25-32)41-27-43-45(38-16-6-5-15-37(38)41)44-34(17-9-19-42(44)49-43)31-13-10-24-47-28-31/h3-27,35,39,47H,28H2,1-2H3. The zero-order valence-corrected chi connectivity index (χ0v) is 27.7. The molecule has 3 heteroatoms. The lowest BCUT2D eigenvalue weighted by Gasteiger charge is -2.31. The van der Waals surface area contributed by atoms with E-state index in [9.17, 15) is 0 Å². The highest BCUT2D eigenvalue weighted by atomic mass is 16.3. The molecule has 3 aliphatic rings. The van der Waals surface area contributed by atoms with Crippen molar-refractivity contribution in [1.82, 2.24) is 5.32 Å². The molecule has 6 aromatic carbocycles. The molecule has 0 bridgehead atoms. The van der Waals surface area contributed by atoms with Gasteiger partial charge in [-0.05, 0) is 92.4 Å². The zero-order valence-electron chi connectivity index (χ0n) is 27.7. The van der Waals surface area contributed by atoms with Crippen LogP contribution in [0.4, 0.5) is 17.1 Å². The average Bonchev–Trinajstić information content (AvgIpc) is 3.64. The van der Waals surface area contributed by atoms with E-state index >= 15 is 0 Å². The highest BCUT2D eigenvalue weighted by molar-refractivity contribution is 6.24. The maximum atomic E-state index is 6.79. The molecule has 7 aromatic rings. The average molecular weight is 633 g/mol. The molecule has 0 spiro atoms. The number of hydrogen-bond donors (Lipinski definition) is 1. The number of nitrogens with zero attached hydrogens (tertiary/aromatic N) is 1. The zero-order chi connectivity index (χ0) is 32.7. The molecule has 236 valence electrons. The molecule has 0 saturated heterocycles. The number of anilines is 3. The van der Waals surface area contributed by atoms with Crippen molar-refractivity contribution < 1.29 is 4.42 Å². The van der Waals surface area contributed by atoms with E-state index < -0.39 is 0 Å². The van der Waals surface area contributed by atoms with E-state index in [2.05, 4.69) is 170 Å². The Labute approximate surface area is 286 Å². The van der Waals surface area contributed by atoms with Crippen molar-refractivity contribution in [3.05, 3.63) is 169 Å². The predicted molar refractivity (Wildman–Crippen MR) is 206 cm³/mol. The van der Waals surface area contributed by atoms with Crippen LogP contribution >= 0.6 is 0 Å². The summed E-state index contributed by atoms with van der Waals surface area (Å²) in [7, 11) is 0. The summed E-state index contributed by atoms with van der Waals surface area (Å²) in [5.74, 6) is 0.855. The molecule has 0 amide bonds. The van der Waals surface area contributed by atoms with Crippen LogP contribution in [0.5, 0.6) is 0 Å². The van der Waals surface area contributed by atoms with Gasteiger partial charge in [0, 0.05) is 46.1 Å². The molecule has 0 saturated carbocycles. The molecule has 1 aromatic heterocycles. The molecule has 1 N–H and O–H groups in total. The molecule has 10 rings (SSSR count). The van der Waals surface area contributed by atoms with Gasteiger partial charge in [0.05, 0.1) is 5.69 Å². The Morgan fingerprint density at radius 1 is 0.694 bits per heavy atom. The van der Waals surface area contributed by atoms with Gasteiger partial charge >= 0.3 is 0 Å². The quantitative estimate of drug-likeness (QED) is 0.209. The largest absolute Gasteiger partial charge is 0.456 e. The molecule has 2 heterocycles. The van der Waals surface area contributed by atoms with Crippen LogP contribution in [0.2, 0.25) is 0 Å². The summed E-state index contributed by atoms with van der Waals surface area (Å²) < 4.78 is 6.79. The van der Waals surface area contributed by atoms with Crippen LogP contribution in [-0.2, 0) is 5.41 Å². The SMILES string of the molecule is CC1(C)c2cc(N(c3ccc4ccccc4c3)c3cc4oc5cccc(C6=CC=CNC6)c5c4c4ccccc34)ccc2C2C=CC=CC21. The van der Waals surface area contributed by atoms with Crippen molar-refractivity contribution in [3.8, 4) is 0 Å². The molecule has 1 aliphatic heterocycles. The van der Waals surface area contributed by atoms with E-state index in [4.69, 9.17) is 4.42 Å². The van der Waals surface area contributed by atoms with E-state index in [1.807, 2.05) is 6.20 Å². The van der Waals surface area contributed by atoms with Crippen molar-refractivity contribution in [2.45, 2.75) is 25.2 Å². The van der Waals surface area contributed by atoms with Crippen molar-refractivity contribution in [2.24, 2.45) is 5.92 Å². The van der Waals surface area contributed by atoms with Crippen LogP contribution in [0.15, 0.2) is 156 Å². The number of rotatable bonds is 4. The second-order valence-electron chi connectivity index (χ2n) is 14.2. The third kappa shape index (κ3) is 4.21. The molecule has 2 aliphatic carbocycles. The van der Waals surface area contributed by atoms with Crippen molar-refractivity contribution in [3.63, 3.8) is 0 Å². The highest BCUT2D eigenvalue weighted by Gasteiger charge is 2.44. The van der Waals surface area contributed by atoms with E-state index in [1.165, 1.54) is 49.2 Å². The van der Waals surface area contributed by atoms with Gasteiger partial charge in [0.25, 0.3) is 0 Å².